The van der Waals surface area contributed by atoms with Gasteiger partial charge in [-0.3, -0.25) is 4.72 Å². The third-order valence-corrected chi connectivity index (χ3v) is 2.72. The molecule has 0 saturated carbocycles. The van der Waals surface area contributed by atoms with Gasteiger partial charge in [0, 0.05) is 5.69 Å². The van der Waals surface area contributed by atoms with Crippen molar-refractivity contribution in [3.05, 3.63) is 54.6 Å². The van der Waals surface area contributed by atoms with Gasteiger partial charge in [0.25, 0.3) is 0 Å². The zero-order valence-electron chi connectivity index (χ0n) is 9.83. The van der Waals surface area contributed by atoms with E-state index in [1.54, 1.807) is 24.3 Å². The number of benzene rings is 2. The molecule has 1 N–H and O–H groups in total. The van der Waals surface area contributed by atoms with Crippen LogP contribution in [0.15, 0.2) is 54.6 Å². The van der Waals surface area contributed by atoms with Crippen LogP contribution in [0.4, 0.5) is 5.69 Å². The van der Waals surface area contributed by atoms with Crippen LogP contribution in [-0.2, 0) is 10.3 Å². The summed E-state index contributed by atoms with van der Waals surface area (Å²) in [6.07, 6.45) is 0. The van der Waals surface area contributed by atoms with Crippen molar-refractivity contribution in [1.29, 1.82) is 0 Å². The summed E-state index contributed by atoms with van der Waals surface area (Å²) < 4.78 is 33.3. The van der Waals surface area contributed by atoms with Crippen LogP contribution in [0.3, 0.4) is 0 Å². The number of hydrogen-bond acceptors (Lipinski definition) is 3. The van der Waals surface area contributed by atoms with Gasteiger partial charge in [-0.2, -0.15) is 0 Å². The van der Waals surface area contributed by atoms with Crippen molar-refractivity contribution in [3.8, 4) is 11.1 Å². The van der Waals surface area contributed by atoms with E-state index in [2.05, 4.69) is 0 Å². The average Bonchev–Trinajstić information content (AvgIpc) is 2.29. The van der Waals surface area contributed by atoms with Crippen LogP contribution >= 0.6 is 0 Å². The second-order valence-electron chi connectivity index (χ2n) is 3.50. The zero-order chi connectivity index (χ0) is 12.3. The zero-order valence-corrected chi connectivity index (χ0v) is 12.6. The van der Waals surface area contributed by atoms with Crippen molar-refractivity contribution >= 4 is 16.0 Å². The fourth-order valence-corrected chi connectivity index (χ4v) is 1.93. The predicted octanol–water partition coefficient (Wildman–Crippen LogP) is -0.770. The summed E-state index contributed by atoms with van der Waals surface area (Å²) >= 11 is 0. The fraction of sp³-hybridized carbons (Fsp3) is 0. The quantitative estimate of drug-likeness (QED) is 0.589. The van der Waals surface area contributed by atoms with Crippen LogP contribution in [0.2, 0.25) is 0 Å². The molecule has 2 rings (SSSR count). The molecule has 0 aromatic heterocycles. The summed E-state index contributed by atoms with van der Waals surface area (Å²) in [4.78, 5) is 0. The van der Waals surface area contributed by atoms with Gasteiger partial charge in [0.1, 0.15) is 0 Å². The predicted molar refractivity (Wildman–Crippen MR) is 65.2 cm³/mol. The average molecular weight is 271 g/mol. The number of hydrogen-bond donors (Lipinski definition) is 1. The Morgan fingerprint density at radius 2 is 1.33 bits per heavy atom. The minimum absolute atomic E-state index is 0. The Balaban J connectivity index is 0.00000162. The summed E-state index contributed by atoms with van der Waals surface area (Å²) in [6, 6.07) is 16.3. The first-order valence-corrected chi connectivity index (χ1v) is 6.34. The Hall–Kier alpha value is -0.850. The van der Waals surface area contributed by atoms with Gasteiger partial charge in [0.2, 0.25) is 0 Å². The Kier molecular flexibility index (Phi) is 5.37. The molecule has 0 radical (unpaired) electrons. The van der Waals surface area contributed by atoms with Gasteiger partial charge in [0.15, 0.2) is 10.3 Å². The van der Waals surface area contributed by atoms with E-state index < -0.39 is 10.3 Å². The van der Waals surface area contributed by atoms with Gasteiger partial charge in [-0.05, 0) is 23.3 Å². The summed E-state index contributed by atoms with van der Waals surface area (Å²) in [5.74, 6) is 0. The van der Waals surface area contributed by atoms with Crippen molar-refractivity contribution in [2.24, 2.45) is 0 Å². The summed E-state index contributed by atoms with van der Waals surface area (Å²) in [7, 11) is -4.45. The second kappa shape index (κ2) is 6.36. The SMILES string of the molecule is O=S(=O)([O-])Nc1ccc(-c2ccccc2)cc1.[Na+]. The van der Waals surface area contributed by atoms with Gasteiger partial charge in [-0.15, -0.1) is 0 Å². The Bertz CT molecular complexity index is 597. The van der Waals surface area contributed by atoms with E-state index in [1.807, 2.05) is 35.1 Å². The third-order valence-electron chi connectivity index (χ3n) is 2.23. The molecule has 18 heavy (non-hydrogen) atoms. The molecular formula is C12H10NNaO3S. The van der Waals surface area contributed by atoms with E-state index >= 15 is 0 Å². The van der Waals surface area contributed by atoms with E-state index in [0.29, 0.717) is 0 Å². The van der Waals surface area contributed by atoms with E-state index in [1.165, 1.54) is 0 Å². The van der Waals surface area contributed by atoms with Crippen LogP contribution in [0.25, 0.3) is 11.1 Å². The van der Waals surface area contributed by atoms with E-state index in [0.717, 1.165) is 11.1 Å². The molecule has 0 fully saturated rings. The molecule has 0 bridgehead atoms. The van der Waals surface area contributed by atoms with Gasteiger partial charge >= 0.3 is 29.6 Å². The molecule has 2 aromatic rings. The summed E-state index contributed by atoms with van der Waals surface area (Å²) in [5.41, 5.74) is 2.25. The molecule has 0 aliphatic carbocycles. The van der Waals surface area contributed by atoms with Crippen LogP contribution in [0, 0.1) is 0 Å². The standard InChI is InChI=1S/C12H11NO3S.Na/c14-17(15,16)13-12-8-6-11(7-9-12)10-4-2-1-3-5-10;/h1-9,13H,(H,14,15,16);/q;+1/p-1. The Morgan fingerprint density at radius 3 is 1.83 bits per heavy atom. The van der Waals surface area contributed by atoms with Crippen LogP contribution in [0.1, 0.15) is 0 Å². The van der Waals surface area contributed by atoms with Crippen LogP contribution in [-0.4, -0.2) is 13.0 Å². The smallest absolute Gasteiger partial charge is 0.731 e. The van der Waals surface area contributed by atoms with Gasteiger partial charge in [-0.25, -0.2) is 8.42 Å². The van der Waals surface area contributed by atoms with Gasteiger partial charge in [0.05, 0.1) is 0 Å². The van der Waals surface area contributed by atoms with Crippen molar-refractivity contribution < 1.29 is 42.5 Å². The molecule has 0 spiro atoms. The molecule has 2 aromatic carbocycles. The monoisotopic (exact) mass is 271 g/mol. The van der Waals surface area contributed by atoms with E-state index in [-0.39, 0.29) is 35.2 Å². The molecular weight excluding hydrogens is 261 g/mol. The van der Waals surface area contributed by atoms with E-state index in [4.69, 9.17) is 0 Å². The maximum absolute atomic E-state index is 10.5. The molecule has 0 heterocycles. The first-order chi connectivity index (χ1) is 8.04. The van der Waals surface area contributed by atoms with Crippen LogP contribution in [0.5, 0.6) is 0 Å². The maximum atomic E-state index is 10.5. The van der Waals surface area contributed by atoms with Crippen LogP contribution < -0.4 is 34.3 Å². The Labute approximate surface area is 128 Å². The second-order valence-corrected chi connectivity index (χ2v) is 4.61. The minimum atomic E-state index is -4.45. The molecule has 4 nitrogen and oxygen atoms in total. The normalized spacial score (nSPS) is 10.5. The molecule has 0 saturated heterocycles. The number of rotatable bonds is 3. The molecule has 88 valence electrons. The van der Waals surface area contributed by atoms with Gasteiger partial charge < -0.3 is 4.55 Å². The summed E-state index contributed by atoms with van der Waals surface area (Å²) in [6.45, 7) is 0. The first kappa shape index (κ1) is 15.2. The van der Waals surface area contributed by atoms with E-state index in [9.17, 15) is 13.0 Å². The molecule has 0 aliphatic heterocycles. The van der Waals surface area contributed by atoms with Crippen molar-refractivity contribution in [2.45, 2.75) is 0 Å². The molecule has 0 atom stereocenters. The van der Waals surface area contributed by atoms with Crippen molar-refractivity contribution in [1.82, 2.24) is 0 Å². The molecule has 0 aliphatic rings. The van der Waals surface area contributed by atoms with Crippen molar-refractivity contribution in [3.63, 3.8) is 0 Å². The third kappa shape index (κ3) is 4.44. The minimum Gasteiger partial charge on any atom is -0.731 e. The molecule has 0 unspecified atom stereocenters. The first-order valence-electron chi connectivity index (χ1n) is 4.94. The maximum Gasteiger partial charge on any atom is 1.00 e. The fourth-order valence-electron chi connectivity index (χ4n) is 1.51. The Morgan fingerprint density at radius 1 is 0.833 bits per heavy atom. The number of nitrogens with one attached hydrogen (secondary N) is 1. The topological polar surface area (TPSA) is 69.2 Å². The largest absolute Gasteiger partial charge is 1.00 e. The van der Waals surface area contributed by atoms with Gasteiger partial charge in [-0.1, -0.05) is 42.5 Å². The molecule has 0 amide bonds. The van der Waals surface area contributed by atoms with Crippen molar-refractivity contribution in [2.75, 3.05) is 4.72 Å². The number of anilines is 1. The molecule has 6 heteroatoms. The summed E-state index contributed by atoms with van der Waals surface area (Å²) in [5, 5.41) is 0.